The second-order valence-electron chi connectivity index (χ2n) is 10.7. The first-order valence-corrected chi connectivity index (χ1v) is 11.7. The van der Waals surface area contributed by atoms with Gasteiger partial charge in [-0.05, 0) is 71.3 Å². The molecule has 0 aromatic heterocycles. The average molecular weight is 462 g/mol. The summed E-state index contributed by atoms with van der Waals surface area (Å²) in [4.78, 5) is 24.9. The highest BCUT2D eigenvalue weighted by Gasteiger charge is 2.33. The number of hydrogen-bond acceptors (Lipinski definition) is 5. The van der Waals surface area contributed by atoms with E-state index >= 15 is 0 Å². The summed E-state index contributed by atoms with van der Waals surface area (Å²) in [5.74, 6) is 0.827. The second-order valence-corrected chi connectivity index (χ2v) is 10.7. The molecule has 0 bridgehead atoms. The molecule has 33 heavy (non-hydrogen) atoms. The predicted octanol–water partition coefficient (Wildman–Crippen LogP) is 5.64. The van der Waals surface area contributed by atoms with E-state index in [0.717, 1.165) is 37.5 Å². The Morgan fingerprint density at radius 2 is 2.00 bits per heavy atom. The fraction of sp³-hybridized carbons (Fsp3) is 0.640. The molecule has 182 valence electrons. The van der Waals surface area contributed by atoms with Crippen molar-refractivity contribution in [3.63, 3.8) is 0 Å². The van der Waals surface area contributed by atoms with Crippen LogP contribution in [0.3, 0.4) is 0 Å². The molecule has 1 aliphatic heterocycles. The third-order valence-electron chi connectivity index (χ3n) is 6.36. The Kier molecular flexibility index (Phi) is 7.34. The van der Waals surface area contributed by atoms with Crippen LogP contribution < -0.4 is 5.32 Å². The lowest BCUT2D eigenvalue weighted by Crippen LogP contribution is -2.41. The van der Waals surface area contributed by atoms with Gasteiger partial charge >= 0.3 is 6.09 Å². The molecule has 0 radical (unpaired) electrons. The molecule has 8 heteroatoms. The molecule has 1 fully saturated rings. The summed E-state index contributed by atoms with van der Waals surface area (Å²) in [6.07, 6.45) is 10.2. The summed E-state index contributed by atoms with van der Waals surface area (Å²) in [6.45, 7) is 10.6. The van der Waals surface area contributed by atoms with Crippen molar-refractivity contribution < 1.29 is 18.8 Å². The van der Waals surface area contributed by atoms with Gasteiger partial charge in [0, 0.05) is 31.3 Å². The number of piperidine rings is 1. The molecule has 0 saturated carbocycles. The van der Waals surface area contributed by atoms with Crippen molar-refractivity contribution in [2.45, 2.75) is 78.0 Å². The molecular formula is C25H36FN3O4. The number of nitro groups is 1. The van der Waals surface area contributed by atoms with Crippen molar-refractivity contribution in [2.24, 2.45) is 11.8 Å². The Morgan fingerprint density at radius 3 is 2.58 bits per heavy atom. The van der Waals surface area contributed by atoms with Crippen LogP contribution in [-0.2, 0) is 4.74 Å². The molecule has 3 aliphatic rings. The van der Waals surface area contributed by atoms with Gasteiger partial charge in [-0.1, -0.05) is 24.6 Å². The van der Waals surface area contributed by atoms with Gasteiger partial charge < -0.3 is 15.0 Å². The van der Waals surface area contributed by atoms with Crippen molar-refractivity contribution in [1.29, 1.82) is 0 Å². The quantitative estimate of drug-likeness (QED) is 0.423. The molecule has 7 nitrogen and oxygen atoms in total. The zero-order chi connectivity index (χ0) is 24.4. The molecule has 0 aromatic carbocycles. The largest absolute Gasteiger partial charge is 0.444 e. The van der Waals surface area contributed by atoms with Gasteiger partial charge in [0.05, 0.1) is 4.92 Å². The number of likely N-dealkylation sites (tertiary alicyclic amines) is 1. The van der Waals surface area contributed by atoms with Crippen LogP contribution in [-0.4, -0.2) is 40.3 Å². The van der Waals surface area contributed by atoms with E-state index in [1.807, 2.05) is 26.8 Å². The van der Waals surface area contributed by atoms with E-state index < -0.39 is 16.2 Å². The number of ether oxygens (including phenoxy) is 1. The van der Waals surface area contributed by atoms with Gasteiger partial charge in [0.2, 0.25) is 0 Å². The zero-order valence-corrected chi connectivity index (χ0v) is 20.3. The van der Waals surface area contributed by atoms with E-state index in [0.29, 0.717) is 30.6 Å². The highest BCUT2D eigenvalue weighted by molar-refractivity contribution is 5.68. The molecule has 1 heterocycles. The first-order chi connectivity index (χ1) is 15.3. The molecular weight excluding hydrogens is 425 g/mol. The first-order valence-electron chi connectivity index (χ1n) is 11.7. The minimum Gasteiger partial charge on any atom is -0.444 e. The lowest BCUT2D eigenvalue weighted by Gasteiger charge is -2.34. The predicted molar refractivity (Wildman–Crippen MR) is 126 cm³/mol. The summed E-state index contributed by atoms with van der Waals surface area (Å²) in [5, 5.41) is 14.6. The molecule has 1 saturated heterocycles. The molecule has 2 aliphatic carbocycles. The maximum Gasteiger partial charge on any atom is 0.410 e. The third-order valence-corrected chi connectivity index (χ3v) is 6.36. The highest BCUT2D eigenvalue weighted by Crippen LogP contribution is 2.34. The first kappa shape index (κ1) is 25.0. The number of alkyl halides is 1. The number of nitrogens with zero attached hydrogens (tertiary/aromatic N) is 2. The number of carbonyl (C=O) groups excluding carboxylic acids is 1. The smallest absolute Gasteiger partial charge is 0.410 e. The van der Waals surface area contributed by atoms with Crippen molar-refractivity contribution in [2.75, 3.05) is 13.1 Å². The minimum atomic E-state index is -1.70. The van der Waals surface area contributed by atoms with Crippen molar-refractivity contribution in [3.05, 3.63) is 57.1 Å². The number of amides is 1. The molecule has 2 unspecified atom stereocenters. The Balaban J connectivity index is 1.56. The fourth-order valence-electron chi connectivity index (χ4n) is 4.51. The summed E-state index contributed by atoms with van der Waals surface area (Å²) in [6, 6.07) is 0. The number of allylic oxidation sites excluding steroid dienone is 6. The maximum atomic E-state index is 14.2. The van der Waals surface area contributed by atoms with Crippen LogP contribution in [0.4, 0.5) is 9.18 Å². The van der Waals surface area contributed by atoms with Crippen molar-refractivity contribution in [1.82, 2.24) is 10.2 Å². The van der Waals surface area contributed by atoms with Crippen LogP contribution >= 0.6 is 0 Å². The number of rotatable bonds is 5. The number of halogens is 1. The lowest BCUT2D eigenvalue weighted by molar-refractivity contribution is -0.422. The monoisotopic (exact) mass is 461 g/mol. The van der Waals surface area contributed by atoms with Crippen LogP contribution in [0.25, 0.3) is 0 Å². The van der Waals surface area contributed by atoms with E-state index in [2.05, 4.69) is 18.3 Å². The van der Waals surface area contributed by atoms with E-state index in [4.69, 9.17) is 4.74 Å². The Bertz CT molecular complexity index is 903. The molecule has 0 spiro atoms. The Labute approximate surface area is 195 Å². The summed E-state index contributed by atoms with van der Waals surface area (Å²) >= 11 is 0. The SMILES string of the molecule is CC1CC(NC2=CCC(C)(F)C=C2[N+](=O)[O-])=CC=C1CC1CCN(C(=O)OC(C)(C)C)CC1. The van der Waals surface area contributed by atoms with Crippen LogP contribution in [0.2, 0.25) is 0 Å². The summed E-state index contributed by atoms with van der Waals surface area (Å²) in [5.41, 5.74) is 0.214. The van der Waals surface area contributed by atoms with Gasteiger partial charge in [-0.2, -0.15) is 0 Å². The van der Waals surface area contributed by atoms with E-state index in [-0.39, 0.29) is 18.2 Å². The molecule has 3 rings (SSSR count). The van der Waals surface area contributed by atoms with Crippen molar-refractivity contribution >= 4 is 6.09 Å². The summed E-state index contributed by atoms with van der Waals surface area (Å²) in [7, 11) is 0. The average Bonchev–Trinajstić information content (AvgIpc) is 2.70. The second kappa shape index (κ2) is 9.69. The number of carbonyl (C=O) groups is 1. The van der Waals surface area contributed by atoms with Gasteiger partial charge in [-0.3, -0.25) is 10.1 Å². The van der Waals surface area contributed by atoms with E-state index in [1.54, 1.807) is 11.0 Å². The topological polar surface area (TPSA) is 84.7 Å². The molecule has 1 amide bonds. The van der Waals surface area contributed by atoms with Crippen LogP contribution in [0.15, 0.2) is 47.0 Å². The standard InChI is InChI=1S/C25H36FN3O4/c1-17-14-20(27-21-8-11-25(5,26)16-22(21)29(31)32)7-6-19(17)15-18-9-12-28(13-10-18)23(30)33-24(2,3)4/h6-8,16-18,27H,9-15H2,1-5H3. The van der Waals surface area contributed by atoms with Crippen LogP contribution in [0.5, 0.6) is 0 Å². The lowest BCUT2D eigenvalue weighted by atomic mass is 9.82. The Morgan fingerprint density at radius 1 is 1.33 bits per heavy atom. The van der Waals surface area contributed by atoms with E-state index in [1.165, 1.54) is 12.5 Å². The molecule has 0 aromatic rings. The molecule has 1 N–H and O–H groups in total. The van der Waals surface area contributed by atoms with Gasteiger partial charge in [0.1, 0.15) is 17.0 Å². The van der Waals surface area contributed by atoms with Gasteiger partial charge in [-0.25, -0.2) is 9.18 Å². The number of nitrogens with one attached hydrogen (secondary N) is 1. The third kappa shape index (κ3) is 6.92. The maximum absolute atomic E-state index is 14.2. The highest BCUT2D eigenvalue weighted by atomic mass is 19.1. The normalized spacial score (nSPS) is 26.6. The Hall–Kier alpha value is -2.64. The van der Waals surface area contributed by atoms with Crippen LogP contribution in [0.1, 0.15) is 66.7 Å². The fourth-order valence-corrected chi connectivity index (χ4v) is 4.51. The van der Waals surface area contributed by atoms with Crippen LogP contribution in [0, 0.1) is 22.0 Å². The minimum absolute atomic E-state index is 0.110. The molecule has 2 atom stereocenters. The van der Waals surface area contributed by atoms with Crippen molar-refractivity contribution in [3.8, 4) is 0 Å². The number of hydrogen-bond donors (Lipinski definition) is 1. The van der Waals surface area contributed by atoms with E-state index in [9.17, 15) is 19.3 Å². The van der Waals surface area contributed by atoms with Gasteiger partial charge in [-0.15, -0.1) is 0 Å². The van der Waals surface area contributed by atoms with Gasteiger partial charge in [0.15, 0.2) is 0 Å². The van der Waals surface area contributed by atoms with Gasteiger partial charge in [0.25, 0.3) is 5.70 Å². The summed E-state index contributed by atoms with van der Waals surface area (Å²) < 4.78 is 19.7. The zero-order valence-electron chi connectivity index (χ0n) is 20.3.